The van der Waals surface area contributed by atoms with Crippen molar-refractivity contribution in [1.82, 2.24) is 5.32 Å². The van der Waals surface area contributed by atoms with Crippen molar-refractivity contribution < 1.29 is 41.0 Å². The van der Waals surface area contributed by atoms with Gasteiger partial charge in [-0.3, -0.25) is 9.59 Å². The van der Waals surface area contributed by atoms with E-state index in [9.17, 15) is 31.5 Å². The highest BCUT2D eigenvalue weighted by Crippen LogP contribution is 2.23. The summed E-state index contributed by atoms with van der Waals surface area (Å²) in [6, 6.07) is 5.97. The third-order valence-electron chi connectivity index (χ3n) is 3.50. The molecule has 0 saturated carbocycles. The van der Waals surface area contributed by atoms with Crippen molar-refractivity contribution in [2.45, 2.75) is 13.5 Å². The Morgan fingerprint density at radius 1 is 0.893 bits per heavy atom. The molecular formula is C18H14F5NO4. The van der Waals surface area contributed by atoms with E-state index in [2.05, 4.69) is 10.1 Å². The molecule has 0 heterocycles. The van der Waals surface area contributed by atoms with Crippen molar-refractivity contribution in [2.24, 2.45) is 0 Å². The van der Waals surface area contributed by atoms with Crippen LogP contribution in [0.1, 0.15) is 22.8 Å². The molecule has 0 fully saturated rings. The first kappa shape index (κ1) is 21.1. The van der Waals surface area contributed by atoms with E-state index < -0.39 is 59.7 Å². The van der Waals surface area contributed by atoms with Gasteiger partial charge in [-0.15, -0.1) is 0 Å². The van der Waals surface area contributed by atoms with E-state index in [1.54, 1.807) is 19.1 Å². The van der Waals surface area contributed by atoms with Gasteiger partial charge in [0, 0.05) is 5.56 Å². The van der Waals surface area contributed by atoms with Crippen LogP contribution in [0.4, 0.5) is 22.0 Å². The molecule has 2 aromatic carbocycles. The normalized spacial score (nSPS) is 10.5. The molecule has 0 aliphatic rings. The lowest BCUT2D eigenvalue weighted by Gasteiger charge is -2.10. The van der Waals surface area contributed by atoms with Crippen LogP contribution in [0.3, 0.4) is 0 Å². The molecular weight excluding hydrogens is 389 g/mol. The van der Waals surface area contributed by atoms with Crippen LogP contribution in [0.15, 0.2) is 24.3 Å². The average molecular weight is 403 g/mol. The van der Waals surface area contributed by atoms with Gasteiger partial charge >= 0.3 is 5.97 Å². The zero-order chi connectivity index (χ0) is 20.8. The largest absolute Gasteiger partial charge is 0.494 e. The van der Waals surface area contributed by atoms with Gasteiger partial charge in [0.05, 0.1) is 12.2 Å². The highest BCUT2D eigenvalue weighted by atomic mass is 19.2. The van der Waals surface area contributed by atoms with Crippen molar-refractivity contribution in [3.05, 3.63) is 64.5 Å². The number of hydrogen-bond donors (Lipinski definition) is 1. The van der Waals surface area contributed by atoms with Crippen LogP contribution in [-0.4, -0.2) is 25.0 Å². The number of ether oxygens (including phenoxy) is 2. The van der Waals surface area contributed by atoms with Gasteiger partial charge in [-0.25, -0.2) is 22.0 Å². The summed E-state index contributed by atoms with van der Waals surface area (Å²) >= 11 is 0. The van der Waals surface area contributed by atoms with Gasteiger partial charge in [0.25, 0.3) is 5.91 Å². The van der Waals surface area contributed by atoms with Crippen LogP contribution in [0.5, 0.6) is 5.75 Å². The highest BCUT2D eigenvalue weighted by molar-refractivity contribution is 5.96. The Bertz CT molecular complexity index is 858. The lowest BCUT2D eigenvalue weighted by atomic mass is 10.2. The summed E-state index contributed by atoms with van der Waals surface area (Å²) in [7, 11) is 0. The molecule has 0 atom stereocenters. The predicted octanol–water partition coefficient (Wildman–Crippen LogP) is 3.25. The maximum absolute atomic E-state index is 13.5. The summed E-state index contributed by atoms with van der Waals surface area (Å²) in [4.78, 5) is 23.5. The lowest BCUT2D eigenvalue weighted by molar-refractivity contribution is -0.143. The van der Waals surface area contributed by atoms with Gasteiger partial charge in [-0.05, 0) is 31.2 Å². The molecule has 150 valence electrons. The topological polar surface area (TPSA) is 64.6 Å². The third kappa shape index (κ3) is 4.76. The molecule has 0 aliphatic heterocycles. The summed E-state index contributed by atoms with van der Waals surface area (Å²) in [5, 5.41) is 2.20. The molecule has 0 spiro atoms. The van der Waals surface area contributed by atoms with Gasteiger partial charge in [0.1, 0.15) is 18.9 Å². The number of benzene rings is 2. The Kier molecular flexibility index (Phi) is 6.91. The van der Waals surface area contributed by atoms with Crippen molar-refractivity contribution in [2.75, 3.05) is 13.2 Å². The Morgan fingerprint density at radius 3 is 1.96 bits per heavy atom. The van der Waals surface area contributed by atoms with Crippen molar-refractivity contribution >= 4 is 11.9 Å². The summed E-state index contributed by atoms with van der Waals surface area (Å²) in [6.07, 6.45) is 0. The van der Waals surface area contributed by atoms with Crippen LogP contribution in [0, 0.1) is 29.1 Å². The fourth-order valence-electron chi connectivity index (χ4n) is 2.10. The molecule has 0 saturated heterocycles. The number of carbonyl (C=O) groups excluding carboxylic acids is 2. The number of hydrogen-bond acceptors (Lipinski definition) is 4. The Hall–Kier alpha value is -3.17. The van der Waals surface area contributed by atoms with Crippen LogP contribution in [0.2, 0.25) is 0 Å². The van der Waals surface area contributed by atoms with Crippen molar-refractivity contribution in [3.63, 3.8) is 0 Å². The number of amides is 1. The Morgan fingerprint density at radius 2 is 1.43 bits per heavy atom. The molecule has 28 heavy (non-hydrogen) atoms. The van der Waals surface area contributed by atoms with Crippen molar-refractivity contribution in [3.8, 4) is 5.75 Å². The van der Waals surface area contributed by atoms with Crippen LogP contribution >= 0.6 is 0 Å². The molecule has 5 nitrogen and oxygen atoms in total. The van der Waals surface area contributed by atoms with Crippen LogP contribution in [-0.2, 0) is 16.1 Å². The zero-order valence-corrected chi connectivity index (χ0v) is 14.5. The van der Waals surface area contributed by atoms with E-state index in [-0.39, 0.29) is 5.56 Å². The van der Waals surface area contributed by atoms with Crippen LogP contribution in [0.25, 0.3) is 0 Å². The minimum absolute atomic E-state index is 0.205. The summed E-state index contributed by atoms with van der Waals surface area (Å²) in [5.74, 6) is -12.0. The van der Waals surface area contributed by atoms with E-state index in [1.165, 1.54) is 12.1 Å². The van der Waals surface area contributed by atoms with E-state index in [1.807, 2.05) is 0 Å². The second-order valence-corrected chi connectivity index (χ2v) is 5.35. The van der Waals surface area contributed by atoms with E-state index in [0.29, 0.717) is 12.4 Å². The second kappa shape index (κ2) is 9.16. The molecule has 0 unspecified atom stereocenters. The van der Waals surface area contributed by atoms with Crippen molar-refractivity contribution in [1.29, 1.82) is 0 Å². The first-order chi connectivity index (χ1) is 13.3. The number of halogens is 5. The molecule has 0 aromatic heterocycles. The smallest absolute Gasteiger partial charge is 0.325 e. The fraction of sp³-hybridized carbons (Fsp3) is 0.222. The molecule has 0 bridgehead atoms. The Labute approximate surface area is 156 Å². The molecule has 0 radical (unpaired) electrons. The molecule has 2 aromatic rings. The number of nitrogens with one attached hydrogen (secondary N) is 1. The molecule has 10 heteroatoms. The minimum Gasteiger partial charge on any atom is -0.494 e. The lowest BCUT2D eigenvalue weighted by Crippen LogP contribution is -2.30. The van der Waals surface area contributed by atoms with Gasteiger partial charge in [-0.1, -0.05) is 0 Å². The minimum atomic E-state index is -2.31. The average Bonchev–Trinajstić information content (AvgIpc) is 2.69. The quantitative estimate of drug-likeness (QED) is 0.334. The first-order valence-corrected chi connectivity index (χ1v) is 7.93. The zero-order valence-electron chi connectivity index (χ0n) is 14.5. The first-order valence-electron chi connectivity index (χ1n) is 7.93. The number of rotatable bonds is 7. The maximum Gasteiger partial charge on any atom is 0.325 e. The third-order valence-corrected chi connectivity index (χ3v) is 3.50. The number of carbonyl (C=O) groups is 2. The van der Waals surface area contributed by atoms with Gasteiger partial charge in [-0.2, -0.15) is 0 Å². The summed E-state index contributed by atoms with van der Waals surface area (Å²) < 4.78 is 75.7. The molecule has 2 rings (SSSR count). The molecule has 1 amide bonds. The molecule has 0 aliphatic carbocycles. The monoisotopic (exact) mass is 403 g/mol. The van der Waals surface area contributed by atoms with E-state index in [0.717, 1.165) is 0 Å². The van der Waals surface area contributed by atoms with Crippen LogP contribution < -0.4 is 10.1 Å². The van der Waals surface area contributed by atoms with Gasteiger partial charge in [0.2, 0.25) is 5.82 Å². The maximum atomic E-state index is 13.5. The summed E-state index contributed by atoms with van der Waals surface area (Å²) in [6.45, 7) is 0.365. The number of esters is 1. The SMILES string of the molecule is CCOc1ccc(C(=O)NCC(=O)OCc2c(F)c(F)c(F)c(F)c2F)cc1. The highest BCUT2D eigenvalue weighted by Gasteiger charge is 2.26. The second-order valence-electron chi connectivity index (χ2n) is 5.35. The van der Waals surface area contributed by atoms with Gasteiger partial charge in [0.15, 0.2) is 23.3 Å². The predicted molar refractivity (Wildman–Crippen MR) is 86.0 cm³/mol. The Balaban J connectivity index is 1.92. The summed E-state index contributed by atoms with van der Waals surface area (Å²) in [5.41, 5.74) is -1.08. The van der Waals surface area contributed by atoms with E-state index >= 15 is 0 Å². The van der Waals surface area contributed by atoms with E-state index in [4.69, 9.17) is 4.74 Å². The standard InChI is InChI=1S/C18H14F5NO4/c1-2-27-10-5-3-9(4-6-10)18(26)24-7-12(25)28-8-11-13(19)15(21)17(23)16(22)14(11)20/h3-6H,2,7-8H2,1H3,(H,24,26). The fourth-order valence-corrected chi connectivity index (χ4v) is 2.10. The van der Waals surface area contributed by atoms with Gasteiger partial charge < -0.3 is 14.8 Å². The molecule has 1 N–H and O–H groups in total.